The van der Waals surface area contributed by atoms with E-state index >= 15 is 0 Å². The van der Waals surface area contributed by atoms with Crippen LogP contribution in [0.2, 0.25) is 0 Å². The molecule has 110 valence electrons. The fraction of sp³-hybridized carbons (Fsp3) is 0.667. The molecule has 0 bridgehead atoms. The quantitative estimate of drug-likeness (QED) is 0.833. The van der Waals surface area contributed by atoms with E-state index in [0.29, 0.717) is 6.04 Å². The first-order valence-electron chi connectivity index (χ1n) is 8.35. The number of hydrogen-bond acceptors (Lipinski definition) is 2. The monoisotopic (exact) mass is 289 g/mol. The second-order valence-electron chi connectivity index (χ2n) is 6.33. The van der Waals surface area contributed by atoms with Crippen LogP contribution in [0.25, 0.3) is 0 Å². The van der Waals surface area contributed by atoms with E-state index in [9.17, 15) is 0 Å². The summed E-state index contributed by atoms with van der Waals surface area (Å²) in [5.74, 6) is 2.90. The van der Waals surface area contributed by atoms with E-state index in [-0.39, 0.29) is 0 Å². The summed E-state index contributed by atoms with van der Waals surface area (Å²) in [6, 6.07) is 9.77. The highest BCUT2D eigenvalue weighted by atomic mass is 32.2. The Morgan fingerprint density at radius 2 is 2.00 bits per heavy atom. The first-order valence-corrected chi connectivity index (χ1v) is 9.34. The fourth-order valence-corrected chi connectivity index (χ4v) is 5.23. The summed E-state index contributed by atoms with van der Waals surface area (Å²) in [5, 5.41) is 3.91. The maximum Gasteiger partial charge on any atom is 0.0172 e. The molecule has 1 aliphatic heterocycles. The van der Waals surface area contributed by atoms with Crippen LogP contribution >= 0.6 is 11.8 Å². The molecule has 1 aromatic carbocycles. The molecule has 0 radical (unpaired) electrons. The summed E-state index contributed by atoms with van der Waals surface area (Å²) in [4.78, 5) is 1.52. The number of rotatable bonds is 5. The first kappa shape index (κ1) is 14.5. The Balaban J connectivity index is 1.78. The van der Waals surface area contributed by atoms with Crippen molar-refractivity contribution in [3.05, 3.63) is 29.8 Å². The van der Waals surface area contributed by atoms with Crippen LogP contribution in [0.5, 0.6) is 0 Å². The molecule has 3 rings (SSSR count). The molecular weight excluding hydrogens is 262 g/mol. The molecule has 0 saturated heterocycles. The fourth-order valence-electron chi connectivity index (χ4n) is 3.93. The summed E-state index contributed by atoms with van der Waals surface area (Å²) < 4.78 is 0. The van der Waals surface area contributed by atoms with Crippen molar-refractivity contribution in [2.24, 2.45) is 5.92 Å². The molecule has 0 aromatic heterocycles. The van der Waals surface area contributed by atoms with Crippen molar-refractivity contribution in [1.82, 2.24) is 5.32 Å². The molecule has 1 aliphatic carbocycles. The number of fused-ring (bicyclic) bond motifs is 1. The highest BCUT2D eigenvalue weighted by Gasteiger charge is 2.35. The Hall–Kier alpha value is -0.470. The van der Waals surface area contributed by atoms with Gasteiger partial charge in [-0.2, -0.15) is 0 Å². The summed E-state index contributed by atoms with van der Waals surface area (Å²) >= 11 is 2.06. The molecule has 1 nitrogen and oxygen atoms in total. The van der Waals surface area contributed by atoms with Gasteiger partial charge in [-0.25, -0.2) is 0 Å². The van der Waals surface area contributed by atoms with Crippen molar-refractivity contribution in [2.75, 3.05) is 12.3 Å². The minimum Gasteiger partial charge on any atom is -0.313 e. The van der Waals surface area contributed by atoms with E-state index < -0.39 is 0 Å². The van der Waals surface area contributed by atoms with Crippen molar-refractivity contribution >= 4 is 11.8 Å². The number of thioether (sulfide) groups is 1. The van der Waals surface area contributed by atoms with Crippen molar-refractivity contribution in [2.45, 2.75) is 62.3 Å². The topological polar surface area (TPSA) is 12.0 Å². The maximum atomic E-state index is 3.91. The number of hydrogen-bond donors (Lipinski definition) is 1. The summed E-state index contributed by atoms with van der Waals surface area (Å²) in [7, 11) is 0. The van der Waals surface area contributed by atoms with Crippen LogP contribution in [0.1, 0.15) is 56.9 Å². The van der Waals surface area contributed by atoms with Crippen LogP contribution < -0.4 is 5.32 Å². The third kappa shape index (κ3) is 3.07. The molecule has 2 aliphatic rings. The molecule has 1 heterocycles. The lowest BCUT2D eigenvalue weighted by Gasteiger charge is -2.35. The van der Waals surface area contributed by atoms with Crippen molar-refractivity contribution < 1.29 is 0 Å². The predicted octanol–water partition coefficient (Wildman–Crippen LogP) is 4.82. The van der Waals surface area contributed by atoms with Crippen LogP contribution in [0, 0.1) is 5.92 Å². The SMILES string of the molecule is CCCNC(C1CCCCC1)C1CSc2ccccc21. The number of benzene rings is 1. The lowest BCUT2D eigenvalue weighted by molar-refractivity contribution is 0.247. The molecule has 20 heavy (non-hydrogen) atoms. The predicted molar refractivity (Wildman–Crippen MR) is 88.6 cm³/mol. The van der Waals surface area contributed by atoms with Gasteiger partial charge in [0.15, 0.2) is 0 Å². The largest absolute Gasteiger partial charge is 0.313 e. The Morgan fingerprint density at radius 1 is 1.20 bits per heavy atom. The third-order valence-corrected chi connectivity index (χ3v) is 6.17. The molecule has 1 aromatic rings. The normalized spacial score (nSPS) is 24.6. The molecule has 2 atom stereocenters. The zero-order valence-corrected chi connectivity index (χ0v) is 13.4. The summed E-state index contributed by atoms with van der Waals surface area (Å²) in [6.45, 7) is 3.45. The van der Waals surface area contributed by atoms with Gasteiger partial charge in [-0.15, -0.1) is 11.8 Å². The van der Waals surface area contributed by atoms with Gasteiger partial charge in [0.05, 0.1) is 0 Å². The average Bonchev–Trinajstić information content (AvgIpc) is 2.93. The Labute approximate surface area is 127 Å². The van der Waals surface area contributed by atoms with Crippen LogP contribution in [-0.4, -0.2) is 18.3 Å². The van der Waals surface area contributed by atoms with Gasteiger partial charge in [0, 0.05) is 22.6 Å². The summed E-state index contributed by atoms with van der Waals surface area (Å²) in [6.07, 6.45) is 8.44. The maximum absolute atomic E-state index is 3.91. The van der Waals surface area contributed by atoms with Gasteiger partial charge < -0.3 is 5.32 Å². The van der Waals surface area contributed by atoms with Crippen LogP contribution in [-0.2, 0) is 0 Å². The lowest BCUT2D eigenvalue weighted by Crippen LogP contribution is -2.42. The van der Waals surface area contributed by atoms with Crippen molar-refractivity contribution in [1.29, 1.82) is 0 Å². The average molecular weight is 289 g/mol. The second kappa shape index (κ2) is 7.00. The molecule has 2 unspecified atom stereocenters. The highest BCUT2D eigenvalue weighted by molar-refractivity contribution is 7.99. The van der Waals surface area contributed by atoms with E-state index in [0.717, 1.165) is 11.8 Å². The molecule has 1 saturated carbocycles. The van der Waals surface area contributed by atoms with Gasteiger partial charge in [0.2, 0.25) is 0 Å². The molecule has 1 N–H and O–H groups in total. The minimum atomic E-state index is 0.700. The standard InChI is InChI=1S/C18H27NS/c1-2-12-19-18(14-8-4-3-5-9-14)16-13-20-17-11-7-6-10-15(16)17/h6-7,10-11,14,16,18-19H,2-5,8-9,12-13H2,1H3. The Kier molecular flexibility index (Phi) is 5.06. The van der Waals surface area contributed by atoms with Crippen LogP contribution in [0.3, 0.4) is 0 Å². The smallest absolute Gasteiger partial charge is 0.0172 e. The van der Waals surface area contributed by atoms with Crippen molar-refractivity contribution in [3.8, 4) is 0 Å². The Morgan fingerprint density at radius 3 is 2.80 bits per heavy atom. The third-order valence-electron chi connectivity index (χ3n) is 4.96. The van der Waals surface area contributed by atoms with Gasteiger partial charge in [0.25, 0.3) is 0 Å². The molecule has 1 fully saturated rings. The summed E-state index contributed by atoms with van der Waals surface area (Å²) in [5.41, 5.74) is 1.61. The van der Waals surface area contributed by atoms with Crippen LogP contribution in [0.15, 0.2) is 29.2 Å². The van der Waals surface area contributed by atoms with E-state index in [4.69, 9.17) is 0 Å². The molecular formula is C18H27NS. The van der Waals surface area contributed by atoms with Gasteiger partial charge in [-0.3, -0.25) is 0 Å². The number of nitrogens with one attached hydrogen (secondary N) is 1. The second-order valence-corrected chi connectivity index (χ2v) is 7.40. The molecule has 0 amide bonds. The van der Waals surface area contributed by atoms with Gasteiger partial charge in [-0.05, 0) is 43.4 Å². The molecule has 2 heteroatoms. The first-order chi connectivity index (χ1) is 9.90. The zero-order chi connectivity index (χ0) is 13.8. The minimum absolute atomic E-state index is 0.700. The highest BCUT2D eigenvalue weighted by Crippen LogP contribution is 2.44. The lowest BCUT2D eigenvalue weighted by atomic mass is 9.77. The van der Waals surface area contributed by atoms with E-state index in [1.165, 1.54) is 55.7 Å². The van der Waals surface area contributed by atoms with Gasteiger partial charge in [-0.1, -0.05) is 44.4 Å². The van der Waals surface area contributed by atoms with Gasteiger partial charge >= 0.3 is 0 Å². The zero-order valence-electron chi connectivity index (χ0n) is 12.6. The van der Waals surface area contributed by atoms with Gasteiger partial charge in [0.1, 0.15) is 0 Å². The van der Waals surface area contributed by atoms with Crippen molar-refractivity contribution in [3.63, 3.8) is 0 Å². The Bertz CT molecular complexity index is 425. The molecule has 0 spiro atoms. The van der Waals surface area contributed by atoms with Crippen LogP contribution in [0.4, 0.5) is 0 Å². The van der Waals surface area contributed by atoms with E-state index in [2.05, 4.69) is 48.3 Å². The van der Waals surface area contributed by atoms with E-state index in [1.54, 1.807) is 5.56 Å². The van der Waals surface area contributed by atoms with E-state index in [1.807, 2.05) is 0 Å².